The number of hydrogen-bond donors (Lipinski definition) is 1. The molecule has 0 radical (unpaired) electrons. The van der Waals surface area contributed by atoms with Gasteiger partial charge in [0.2, 0.25) is 11.8 Å². The number of carbonyl (C=O) groups excluding carboxylic acids is 2. The number of nitrogens with one attached hydrogen (secondary N) is 1. The predicted molar refractivity (Wildman–Crippen MR) is 122 cm³/mol. The van der Waals surface area contributed by atoms with E-state index in [9.17, 15) is 9.59 Å². The number of unbranched alkanes of at least 4 members (excludes halogenated alkanes) is 1. The van der Waals surface area contributed by atoms with Crippen molar-refractivity contribution in [3.05, 3.63) is 53.6 Å². The first kappa shape index (κ1) is 23.4. The average Bonchev–Trinajstić information content (AvgIpc) is 3.16. The molecule has 0 aliphatic carbocycles. The highest BCUT2D eigenvalue weighted by Crippen LogP contribution is 2.39. The second-order valence-corrected chi connectivity index (χ2v) is 7.91. The summed E-state index contributed by atoms with van der Waals surface area (Å²) in [4.78, 5) is 27.9. The summed E-state index contributed by atoms with van der Waals surface area (Å²) in [6.45, 7) is 3.06. The molecule has 1 aliphatic heterocycles. The summed E-state index contributed by atoms with van der Waals surface area (Å²) >= 11 is 0. The van der Waals surface area contributed by atoms with Crippen molar-refractivity contribution in [1.29, 1.82) is 0 Å². The molecule has 2 atom stereocenters. The van der Waals surface area contributed by atoms with Gasteiger partial charge in [-0.25, -0.2) is 0 Å². The van der Waals surface area contributed by atoms with Crippen LogP contribution in [0.3, 0.4) is 0 Å². The second kappa shape index (κ2) is 10.9. The maximum absolute atomic E-state index is 13.2. The van der Waals surface area contributed by atoms with Gasteiger partial charge in [0, 0.05) is 25.6 Å². The highest BCUT2D eigenvalue weighted by Gasteiger charge is 2.44. The minimum absolute atomic E-state index is 0.0162. The maximum atomic E-state index is 13.2. The third-order valence-electron chi connectivity index (χ3n) is 5.86. The van der Waals surface area contributed by atoms with Crippen LogP contribution in [-0.4, -0.2) is 44.6 Å². The molecular formula is C25H32N2O5. The van der Waals surface area contributed by atoms with Crippen molar-refractivity contribution in [3.63, 3.8) is 0 Å². The van der Waals surface area contributed by atoms with Crippen LogP contribution in [0.25, 0.3) is 0 Å². The highest BCUT2D eigenvalue weighted by molar-refractivity contribution is 5.90. The van der Waals surface area contributed by atoms with Crippen LogP contribution in [0.4, 0.5) is 0 Å². The molecule has 0 spiro atoms. The van der Waals surface area contributed by atoms with Gasteiger partial charge in [0.05, 0.1) is 33.3 Å². The van der Waals surface area contributed by atoms with Crippen LogP contribution < -0.4 is 19.5 Å². The van der Waals surface area contributed by atoms with Gasteiger partial charge >= 0.3 is 0 Å². The van der Waals surface area contributed by atoms with E-state index in [1.54, 1.807) is 27.4 Å². The number of nitrogens with zero attached hydrogens (tertiary/aromatic N) is 1. The topological polar surface area (TPSA) is 77.1 Å². The van der Waals surface area contributed by atoms with Crippen LogP contribution >= 0.6 is 0 Å². The van der Waals surface area contributed by atoms with Crippen LogP contribution in [0.2, 0.25) is 0 Å². The molecule has 2 amide bonds. The fourth-order valence-electron chi connectivity index (χ4n) is 4.12. The number of methoxy groups -OCH3 is 3. The van der Waals surface area contributed by atoms with E-state index in [1.807, 2.05) is 41.3 Å². The second-order valence-electron chi connectivity index (χ2n) is 7.91. The van der Waals surface area contributed by atoms with Gasteiger partial charge in [-0.15, -0.1) is 0 Å². The molecule has 1 aliphatic rings. The first-order valence-corrected chi connectivity index (χ1v) is 10.9. The van der Waals surface area contributed by atoms with E-state index in [2.05, 4.69) is 12.2 Å². The van der Waals surface area contributed by atoms with Gasteiger partial charge in [0.15, 0.2) is 0 Å². The van der Waals surface area contributed by atoms with Crippen molar-refractivity contribution in [2.24, 2.45) is 5.92 Å². The van der Waals surface area contributed by atoms with Crippen molar-refractivity contribution < 1.29 is 23.8 Å². The summed E-state index contributed by atoms with van der Waals surface area (Å²) in [5.41, 5.74) is 1.80. The molecule has 0 bridgehead atoms. The number of carbonyl (C=O) groups is 2. The number of rotatable bonds is 10. The number of likely N-dealkylation sites (tertiary alicyclic amines) is 1. The Morgan fingerprint density at radius 3 is 2.19 bits per heavy atom. The van der Waals surface area contributed by atoms with E-state index in [4.69, 9.17) is 14.2 Å². The van der Waals surface area contributed by atoms with E-state index in [0.29, 0.717) is 24.6 Å². The summed E-state index contributed by atoms with van der Waals surface area (Å²) in [6, 6.07) is 12.8. The lowest BCUT2D eigenvalue weighted by atomic mass is 9.92. The van der Waals surface area contributed by atoms with Crippen molar-refractivity contribution in [1.82, 2.24) is 10.2 Å². The SMILES string of the molecule is CCCCN1C(=O)CC(C(=O)NCc2cc(OC)cc(OC)c2)C1c1ccc(OC)cc1. The number of amides is 2. The summed E-state index contributed by atoms with van der Waals surface area (Å²) < 4.78 is 15.9. The summed E-state index contributed by atoms with van der Waals surface area (Å²) in [7, 11) is 4.79. The van der Waals surface area contributed by atoms with E-state index in [1.165, 1.54) is 0 Å². The summed E-state index contributed by atoms with van der Waals surface area (Å²) in [6.07, 6.45) is 2.08. The monoisotopic (exact) mass is 440 g/mol. The molecular weight excluding hydrogens is 408 g/mol. The average molecular weight is 441 g/mol. The lowest BCUT2D eigenvalue weighted by Gasteiger charge is -2.28. The van der Waals surface area contributed by atoms with E-state index in [0.717, 1.165) is 29.7 Å². The molecule has 32 heavy (non-hydrogen) atoms. The number of ether oxygens (including phenoxy) is 3. The molecule has 1 fully saturated rings. The molecule has 7 heteroatoms. The van der Waals surface area contributed by atoms with Gasteiger partial charge in [-0.05, 0) is 41.8 Å². The van der Waals surface area contributed by atoms with E-state index >= 15 is 0 Å². The molecule has 1 N–H and O–H groups in total. The van der Waals surface area contributed by atoms with Crippen LogP contribution in [0.1, 0.15) is 43.4 Å². The predicted octanol–water partition coefficient (Wildman–Crippen LogP) is 3.72. The normalized spacial score (nSPS) is 17.9. The van der Waals surface area contributed by atoms with Crippen LogP contribution in [0, 0.1) is 5.92 Å². The Morgan fingerprint density at radius 2 is 1.62 bits per heavy atom. The smallest absolute Gasteiger partial charge is 0.226 e. The molecule has 0 aromatic heterocycles. The largest absolute Gasteiger partial charge is 0.497 e. The van der Waals surface area contributed by atoms with Gasteiger partial charge in [-0.2, -0.15) is 0 Å². The van der Waals surface area contributed by atoms with Gasteiger partial charge in [-0.1, -0.05) is 25.5 Å². The molecule has 3 rings (SSSR count). The zero-order valence-electron chi connectivity index (χ0n) is 19.2. The molecule has 0 saturated carbocycles. The number of hydrogen-bond acceptors (Lipinski definition) is 5. The zero-order valence-corrected chi connectivity index (χ0v) is 19.2. The highest BCUT2D eigenvalue weighted by atomic mass is 16.5. The molecule has 2 aromatic rings. The third-order valence-corrected chi connectivity index (χ3v) is 5.86. The van der Waals surface area contributed by atoms with Gasteiger partial charge in [-0.3, -0.25) is 9.59 Å². The van der Waals surface area contributed by atoms with Gasteiger partial charge in [0.1, 0.15) is 17.2 Å². The van der Waals surface area contributed by atoms with Gasteiger partial charge < -0.3 is 24.4 Å². The quantitative estimate of drug-likeness (QED) is 0.609. The Labute approximate surface area is 189 Å². The fourth-order valence-corrected chi connectivity index (χ4v) is 4.12. The zero-order chi connectivity index (χ0) is 23.1. The Kier molecular flexibility index (Phi) is 7.98. The summed E-state index contributed by atoms with van der Waals surface area (Å²) in [5.74, 6) is 1.48. The first-order valence-electron chi connectivity index (χ1n) is 10.9. The van der Waals surface area contributed by atoms with Crippen molar-refractivity contribution in [3.8, 4) is 17.2 Å². The third kappa shape index (κ3) is 5.33. The Morgan fingerprint density at radius 1 is 1.00 bits per heavy atom. The standard InChI is InChI=1S/C25H32N2O5/c1-5-6-11-27-23(28)15-22(24(27)18-7-9-19(30-2)10-8-18)25(29)26-16-17-12-20(31-3)14-21(13-17)32-4/h7-10,12-14,22,24H,5-6,11,15-16H2,1-4H3,(H,26,29). The van der Waals surface area contributed by atoms with Gasteiger partial charge in [0.25, 0.3) is 0 Å². The summed E-state index contributed by atoms with van der Waals surface area (Å²) in [5, 5.41) is 3.01. The molecule has 172 valence electrons. The Balaban J connectivity index is 1.80. The van der Waals surface area contributed by atoms with Crippen molar-refractivity contribution in [2.45, 2.75) is 38.8 Å². The molecule has 2 aromatic carbocycles. The molecule has 2 unspecified atom stereocenters. The molecule has 7 nitrogen and oxygen atoms in total. The van der Waals surface area contributed by atoms with Crippen LogP contribution in [0.15, 0.2) is 42.5 Å². The minimum Gasteiger partial charge on any atom is -0.497 e. The molecule has 1 saturated heterocycles. The van der Waals surface area contributed by atoms with E-state index in [-0.39, 0.29) is 24.3 Å². The van der Waals surface area contributed by atoms with Crippen molar-refractivity contribution in [2.75, 3.05) is 27.9 Å². The minimum atomic E-state index is -0.458. The Hall–Kier alpha value is -3.22. The molecule has 1 heterocycles. The Bertz CT molecular complexity index is 906. The fraction of sp³-hybridized carbons (Fsp3) is 0.440. The van der Waals surface area contributed by atoms with Crippen LogP contribution in [-0.2, 0) is 16.1 Å². The van der Waals surface area contributed by atoms with Crippen LogP contribution in [0.5, 0.6) is 17.2 Å². The number of benzene rings is 2. The lowest BCUT2D eigenvalue weighted by molar-refractivity contribution is -0.129. The van der Waals surface area contributed by atoms with Crippen molar-refractivity contribution >= 4 is 11.8 Å². The first-order chi connectivity index (χ1) is 15.5. The lowest BCUT2D eigenvalue weighted by Crippen LogP contribution is -2.35. The van der Waals surface area contributed by atoms with E-state index < -0.39 is 5.92 Å². The maximum Gasteiger partial charge on any atom is 0.226 e.